The van der Waals surface area contributed by atoms with Crippen molar-refractivity contribution in [2.24, 2.45) is 14.1 Å². The highest BCUT2D eigenvalue weighted by Crippen LogP contribution is 2.35. The molecule has 0 aliphatic heterocycles. The molecule has 0 atom stereocenters. The third kappa shape index (κ3) is 2.83. The van der Waals surface area contributed by atoms with Gasteiger partial charge in [0.1, 0.15) is 0 Å². The fourth-order valence-corrected chi connectivity index (χ4v) is 3.85. The fraction of sp³-hybridized carbons (Fsp3) is 0.100. The smallest absolute Gasteiger partial charge is 0.314 e. The van der Waals surface area contributed by atoms with Crippen molar-refractivity contribution in [2.45, 2.75) is 0 Å². The predicted octanol–water partition coefficient (Wildman–Crippen LogP) is 3.95. The minimum Gasteiger partial charge on any atom is -0.314 e. The van der Waals surface area contributed by atoms with Crippen LogP contribution in [0.2, 0.25) is 5.02 Å². The van der Waals surface area contributed by atoms with Crippen molar-refractivity contribution in [3.05, 3.63) is 84.2 Å². The van der Waals surface area contributed by atoms with Crippen LogP contribution >= 0.6 is 34.2 Å². The Labute approximate surface area is 173 Å². The molecular weight excluding hydrogens is 477 g/mol. The average molecular weight is 492 g/mol. The Hall–Kier alpha value is -2.32. The summed E-state index contributed by atoms with van der Waals surface area (Å²) in [5.41, 5.74) is 2.16. The largest absolute Gasteiger partial charge is 0.330 e. The van der Waals surface area contributed by atoms with Crippen molar-refractivity contribution in [1.29, 1.82) is 0 Å². The van der Waals surface area contributed by atoms with Gasteiger partial charge in [0, 0.05) is 40.1 Å². The Bertz CT molecular complexity index is 1300. The molecule has 0 spiro atoms. The third-order valence-electron chi connectivity index (χ3n) is 4.67. The van der Waals surface area contributed by atoms with E-state index in [1.54, 1.807) is 13.1 Å². The Balaban J connectivity index is 2.23. The number of aryl methyl sites for hydroxylation is 1. The number of fused-ring (bicyclic) bond motifs is 1. The zero-order valence-electron chi connectivity index (χ0n) is 14.6. The highest BCUT2D eigenvalue weighted by Gasteiger charge is 2.21. The van der Waals surface area contributed by atoms with Crippen LogP contribution in [0.25, 0.3) is 27.8 Å². The van der Waals surface area contributed by atoms with E-state index in [4.69, 9.17) is 11.6 Å². The zero-order chi connectivity index (χ0) is 19.3. The number of halogens is 2. The molecule has 0 unspecified atom stereocenters. The monoisotopic (exact) mass is 491 g/mol. The van der Waals surface area contributed by atoms with E-state index < -0.39 is 0 Å². The second-order valence-electron chi connectivity index (χ2n) is 6.27. The highest BCUT2D eigenvalue weighted by molar-refractivity contribution is 14.1. The first-order chi connectivity index (χ1) is 12.9. The van der Waals surface area contributed by atoms with Crippen LogP contribution < -0.4 is 11.2 Å². The molecule has 0 amide bonds. The van der Waals surface area contributed by atoms with E-state index in [2.05, 4.69) is 22.6 Å². The van der Waals surface area contributed by atoms with Crippen molar-refractivity contribution < 1.29 is 0 Å². The van der Waals surface area contributed by atoms with Gasteiger partial charge in [0.25, 0.3) is 5.56 Å². The maximum atomic E-state index is 13.0. The molecule has 0 fully saturated rings. The number of hydrogen-bond donors (Lipinski definition) is 0. The molecule has 0 N–H and O–H groups in total. The molecule has 136 valence electrons. The third-order valence-corrected chi connectivity index (χ3v) is 5.72. The lowest BCUT2D eigenvalue weighted by Gasteiger charge is -2.11. The van der Waals surface area contributed by atoms with Gasteiger partial charge >= 0.3 is 5.69 Å². The molecule has 0 aliphatic rings. The summed E-state index contributed by atoms with van der Waals surface area (Å²) in [4.78, 5) is 25.4. The molecule has 5 nitrogen and oxygen atoms in total. The van der Waals surface area contributed by atoms with Gasteiger partial charge in [0.05, 0.1) is 16.6 Å². The Morgan fingerprint density at radius 2 is 1.59 bits per heavy atom. The molecular formula is C20H15ClIN3O2. The van der Waals surface area contributed by atoms with Crippen molar-refractivity contribution >= 4 is 45.1 Å². The van der Waals surface area contributed by atoms with E-state index in [0.717, 1.165) is 19.4 Å². The standard InChI is InChI=1S/C20H15ClIN3O2/c1-23-16-11-25(13-9-7-12(22)8-10-13)18(14-5-3-4-6-15(14)21)17(16)19(26)24(2)20(23)27/h3-11H,1-2H3. The van der Waals surface area contributed by atoms with E-state index in [0.29, 0.717) is 21.6 Å². The second-order valence-corrected chi connectivity index (χ2v) is 7.92. The number of rotatable bonds is 2. The number of benzene rings is 2. The van der Waals surface area contributed by atoms with Gasteiger partial charge in [-0.3, -0.25) is 13.9 Å². The Morgan fingerprint density at radius 1 is 0.926 bits per heavy atom. The maximum Gasteiger partial charge on any atom is 0.330 e. The number of hydrogen-bond acceptors (Lipinski definition) is 2. The summed E-state index contributed by atoms with van der Waals surface area (Å²) in [5.74, 6) is 0. The molecule has 0 aliphatic carbocycles. The van der Waals surface area contributed by atoms with Gasteiger partial charge in [-0.15, -0.1) is 0 Å². The first-order valence-electron chi connectivity index (χ1n) is 8.22. The summed E-state index contributed by atoms with van der Waals surface area (Å²) in [6.07, 6.45) is 1.82. The van der Waals surface area contributed by atoms with E-state index in [-0.39, 0.29) is 11.2 Å². The van der Waals surface area contributed by atoms with Crippen LogP contribution in [0, 0.1) is 3.57 Å². The molecule has 27 heavy (non-hydrogen) atoms. The lowest BCUT2D eigenvalue weighted by atomic mass is 10.1. The molecule has 0 radical (unpaired) electrons. The predicted molar refractivity (Wildman–Crippen MR) is 117 cm³/mol. The van der Waals surface area contributed by atoms with Gasteiger partial charge in [-0.05, 0) is 52.9 Å². The first kappa shape index (κ1) is 18.1. The van der Waals surface area contributed by atoms with E-state index in [9.17, 15) is 9.59 Å². The molecule has 0 saturated carbocycles. The summed E-state index contributed by atoms with van der Waals surface area (Å²) in [5, 5.41) is 1.01. The van der Waals surface area contributed by atoms with E-state index in [1.807, 2.05) is 53.2 Å². The van der Waals surface area contributed by atoms with Crippen LogP contribution in [0.1, 0.15) is 0 Å². The highest BCUT2D eigenvalue weighted by atomic mass is 127. The molecule has 0 bridgehead atoms. The summed E-state index contributed by atoms with van der Waals surface area (Å²) in [6.45, 7) is 0. The molecule has 2 aromatic heterocycles. The molecule has 0 saturated heterocycles. The number of aromatic nitrogens is 3. The van der Waals surface area contributed by atoms with Crippen molar-refractivity contribution in [3.63, 3.8) is 0 Å². The lowest BCUT2D eigenvalue weighted by Crippen LogP contribution is -2.36. The van der Waals surface area contributed by atoms with E-state index >= 15 is 0 Å². The maximum absolute atomic E-state index is 13.0. The number of nitrogens with zero attached hydrogens (tertiary/aromatic N) is 3. The van der Waals surface area contributed by atoms with Gasteiger partial charge in [0.2, 0.25) is 0 Å². The SMILES string of the molecule is Cn1c(=O)c2c(-c3ccccc3Cl)n(-c3ccc(I)cc3)cc2n(C)c1=O. The summed E-state index contributed by atoms with van der Waals surface area (Å²) in [7, 11) is 3.15. The van der Waals surface area contributed by atoms with E-state index in [1.165, 1.54) is 11.6 Å². The lowest BCUT2D eigenvalue weighted by molar-refractivity contribution is 0.714. The molecule has 7 heteroatoms. The van der Waals surface area contributed by atoms with Crippen molar-refractivity contribution in [3.8, 4) is 16.9 Å². The normalized spacial score (nSPS) is 11.3. The molecule has 4 rings (SSSR count). The van der Waals surface area contributed by atoms with Gasteiger partial charge in [-0.1, -0.05) is 29.8 Å². The van der Waals surface area contributed by atoms with Crippen LogP contribution in [0.5, 0.6) is 0 Å². The quantitative estimate of drug-likeness (QED) is 0.399. The van der Waals surface area contributed by atoms with Crippen LogP contribution in [0.4, 0.5) is 0 Å². The summed E-state index contributed by atoms with van der Waals surface area (Å²) in [6, 6.07) is 15.3. The average Bonchev–Trinajstić information content (AvgIpc) is 3.06. The summed E-state index contributed by atoms with van der Waals surface area (Å²) < 4.78 is 5.64. The van der Waals surface area contributed by atoms with Crippen LogP contribution in [0.15, 0.2) is 64.3 Å². The minimum absolute atomic E-state index is 0.340. The zero-order valence-corrected chi connectivity index (χ0v) is 17.5. The van der Waals surface area contributed by atoms with Gasteiger partial charge in [0.15, 0.2) is 0 Å². The Morgan fingerprint density at radius 3 is 2.26 bits per heavy atom. The topological polar surface area (TPSA) is 48.9 Å². The minimum atomic E-state index is -0.363. The second kappa shape index (κ2) is 6.69. The van der Waals surface area contributed by atoms with Gasteiger partial charge in [-0.25, -0.2) is 4.79 Å². The van der Waals surface area contributed by atoms with Gasteiger partial charge < -0.3 is 4.57 Å². The molecule has 2 aromatic carbocycles. The molecule has 2 heterocycles. The van der Waals surface area contributed by atoms with Gasteiger partial charge in [-0.2, -0.15) is 0 Å². The van der Waals surface area contributed by atoms with Crippen LogP contribution in [0.3, 0.4) is 0 Å². The first-order valence-corrected chi connectivity index (χ1v) is 9.67. The Kier molecular flexibility index (Phi) is 4.47. The summed E-state index contributed by atoms with van der Waals surface area (Å²) >= 11 is 8.72. The van der Waals surface area contributed by atoms with Crippen LogP contribution in [-0.4, -0.2) is 13.7 Å². The van der Waals surface area contributed by atoms with Crippen molar-refractivity contribution in [2.75, 3.05) is 0 Å². The van der Waals surface area contributed by atoms with Crippen molar-refractivity contribution in [1.82, 2.24) is 13.7 Å². The molecule has 4 aromatic rings. The fourth-order valence-electron chi connectivity index (χ4n) is 3.26. The van der Waals surface area contributed by atoms with Crippen LogP contribution in [-0.2, 0) is 14.1 Å².